The van der Waals surface area contributed by atoms with Crippen LogP contribution in [0.4, 0.5) is 18.0 Å². The third-order valence-electron chi connectivity index (χ3n) is 7.98. The Labute approximate surface area is 302 Å². The van der Waals surface area contributed by atoms with Crippen molar-refractivity contribution in [2.24, 2.45) is 16.1 Å². The van der Waals surface area contributed by atoms with Crippen LogP contribution in [-0.4, -0.2) is 79.6 Å². The highest BCUT2D eigenvalue weighted by atomic mass is 35.5. The number of hydrogen-bond acceptors (Lipinski definition) is 9. The summed E-state index contributed by atoms with van der Waals surface area (Å²) < 4.78 is 47.5. The number of amides is 2. The number of halogens is 4. The van der Waals surface area contributed by atoms with Gasteiger partial charge in [-0.05, 0) is 72.5 Å². The Morgan fingerprint density at radius 2 is 1.84 bits per heavy atom. The number of aliphatic imine (C=N–C) groups is 1. The fourth-order valence-corrected chi connectivity index (χ4v) is 5.68. The van der Waals surface area contributed by atoms with Gasteiger partial charge in [0.05, 0.1) is 12.7 Å². The number of nitrogens with zero attached hydrogens (tertiary/aromatic N) is 4. The van der Waals surface area contributed by atoms with E-state index in [1.54, 1.807) is 36.7 Å². The van der Waals surface area contributed by atoms with Gasteiger partial charge in [-0.2, -0.15) is 8.78 Å². The number of likely N-dealkylation sites (N-methyl/N-ethyl adjacent to an activating group) is 1. The van der Waals surface area contributed by atoms with Crippen LogP contribution in [0.15, 0.2) is 59.9 Å². The third-order valence-corrected chi connectivity index (χ3v) is 8.32. The Morgan fingerprint density at radius 1 is 1.14 bits per heavy atom. The van der Waals surface area contributed by atoms with Crippen LogP contribution in [0.3, 0.4) is 0 Å². The minimum absolute atomic E-state index is 0.0583. The van der Waals surface area contributed by atoms with E-state index in [1.165, 1.54) is 42.3 Å². The van der Waals surface area contributed by atoms with Crippen molar-refractivity contribution < 1.29 is 27.5 Å². The van der Waals surface area contributed by atoms with Gasteiger partial charge in [-0.3, -0.25) is 20.1 Å². The van der Waals surface area contributed by atoms with E-state index in [0.29, 0.717) is 32.7 Å². The second-order valence-electron chi connectivity index (χ2n) is 14.0. The molecule has 0 radical (unpaired) electrons. The minimum Gasteiger partial charge on any atom is -0.447 e. The van der Waals surface area contributed by atoms with Crippen LogP contribution in [0, 0.1) is 11.2 Å². The molecule has 15 heteroatoms. The molecule has 3 heterocycles. The lowest BCUT2D eigenvalue weighted by Gasteiger charge is -2.29. The molecule has 6 rings (SSSR count). The van der Waals surface area contributed by atoms with Crippen LogP contribution in [-0.2, 0) is 9.53 Å². The number of allylic oxidation sites excluding steroid dienone is 1. The van der Waals surface area contributed by atoms with E-state index in [-0.39, 0.29) is 31.4 Å². The average molecular weight is 733 g/mol. The molecule has 2 fully saturated rings. The number of carbonyl (C=O) groups excluding carboxylic acids is 2. The lowest BCUT2D eigenvalue weighted by molar-refractivity contribution is -0.132. The van der Waals surface area contributed by atoms with Gasteiger partial charge in [-0.25, -0.2) is 14.2 Å². The Balaban J connectivity index is 0.000000768. The van der Waals surface area contributed by atoms with E-state index in [1.807, 2.05) is 6.07 Å². The molecule has 2 aromatic carbocycles. The van der Waals surface area contributed by atoms with E-state index in [2.05, 4.69) is 54.4 Å². The van der Waals surface area contributed by atoms with Crippen molar-refractivity contribution in [3.05, 3.63) is 88.0 Å². The van der Waals surface area contributed by atoms with E-state index in [0.717, 1.165) is 17.9 Å². The summed E-state index contributed by atoms with van der Waals surface area (Å²) in [7, 11) is 3.02. The maximum atomic E-state index is 15.5. The number of rotatable bonds is 9. The molecule has 4 aliphatic rings. The molecule has 1 aliphatic carbocycles. The van der Waals surface area contributed by atoms with Gasteiger partial charge in [0.2, 0.25) is 5.91 Å². The molecule has 3 atom stereocenters. The Hall–Kier alpha value is -4.11. The molecule has 1 saturated carbocycles. The first kappa shape index (κ1) is 39.7. The van der Waals surface area contributed by atoms with Crippen molar-refractivity contribution in [2.45, 2.75) is 71.4 Å². The molecule has 51 heavy (non-hydrogen) atoms. The molecule has 0 bridgehead atoms. The number of hydrazine groups is 1. The number of ether oxygens (including phenoxy) is 1. The van der Waals surface area contributed by atoms with Crippen LogP contribution in [0.25, 0.3) is 5.57 Å². The van der Waals surface area contributed by atoms with Crippen molar-refractivity contribution >= 4 is 35.4 Å². The first-order valence-corrected chi connectivity index (χ1v) is 17.1. The number of alkyl carbamates (subject to hydrolysis) is 1. The van der Waals surface area contributed by atoms with Crippen LogP contribution in [0.1, 0.15) is 81.0 Å². The monoisotopic (exact) mass is 732 g/mol. The van der Waals surface area contributed by atoms with Gasteiger partial charge in [-0.1, -0.05) is 57.5 Å². The molecule has 1 saturated heterocycles. The maximum absolute atomic E-state index is 15.5. The lowest BCUT2D eigenvalue weighted by atomic mass is 9.99. The van der Waals surface area contributed by atoms with Crippen LogP contribution in [0.5, 0.6) is 0 Å². The average Bonchev–Trinajstić information content (AvgIpc) is 3.69. The molecule has 2 aromatic rings. The molecule has 278 valence electrons. The van der Waals surface area contributed by atoms with Gasteiger partial charge in [-0.15, -0.1) is 0 Å². The molecular weight excluding hydrogens is 685 g/mol. The van der Waals surface area contributed by atoms with Crippen LogP contribution >= 0.6 is 11.6 Å². The van der Waals surface area contributed by atoms with Gasteiger partial charge in [0, 0.05) is 48.2 Å². The lowest BCUT2D eigenvalue weighted by Crippen LogP contribution is -2.37. The fraction of sp³-hybridized carbons (Fsp3) is 0.472. The summed E-state index contributed by atoms with van der Waals surface area (Å²) in [5.74, 6) is -1.06. The summed E-state index contributed by atoms with van der Waals surface area (Å²) >= 11 is 6.51. The predicted molar refractivity (Wildman–Crippen MR) is 193 cm³/mol. The second kappa shape index (κ2) is 17.4. The molecule has 11 nitrogen and oxygen atoms in total. The molecule has 0 spiro atoms. The SMILES string of the molecule is CC(C)(C)C.CN.CN1CC(c2ccc([C@H]3NCN([C@H](COC(=O)NC4CC4)c4ccc(Cl)c(C5N=CC=CN5)c4)C3=O)c(F)c2)=CN1C(F)F. The Bertz CT molecular complexity index is 1620. The van der Waals surface area contributed by atoms with Gasteiger partial charge >= 0.3 is 12.6 Å². The maximum Gasteiger partial charge on any atom is 0.407 e. The fourth-order valence-electron chi connectivity index (χ4n) is 5.46. The summed E-state index contributed by atoms with van der Waals surface area (Å²) in [4.78, 5) is 32.2. The minimum atomic E-state index is -2.72. The standard InChI is InChI=1S/C30H31ClF3N7O3.C5H12.CH5N/c1-39-13-19(14-41(39)29(33)34)17-3-7-21(24(32)12-17)26-28(42)40(16-37-26)25(15-44-30(43)38-20-5-6-20)18-4-8-23(31)22(11-18)27-35-9-2-10-36-27;1-5(2,3)4;1-2/h2-4,7-12,14,20,25-27,29,35,37H,5-6,13,15-16H2,1H3,(H,38,43);1-4H3;2H2,1H3/t25-,26-,27?;;/m1../s1. The van der Waals surface area contributed by atoms with Crippen molar-refractivity contribution in [2.75, 3.05) is 33.9 Å². The van der Waals surface area contributed by atoms with Crippen molar-refractivity contribution in [1.29, 1.82) is 0 Å². The van der Waals surface area contributed by atoms with E-state index in [4.69, 9.17) is 16.3 Å². The molecule has 0 aromatic heterocycles. The normalized spacial score (nSPS) is 20.6. The quantitative estimate of drug-likeness (QED) is 0.229. The Kier molecular flexibility index (Phi) is 13.5. The molecule has 1 unspecified atom stereocenters. The first-order chi connectivity index (χ1) is 24.2. The zero-order valence-electron chi connectivity index (χ0n) is 29.8. The topological polar surface area (TPSA) is 128 Å². The molecule has 3 aliphatic heterocycles. The largest absolute Gasteiger partial charge is 0.447 e. The zero-order valence-corrected chi connectivity index (χ0v) is 30.6. The summed E-state index contributed by atoms with van der Waals surface area (Å²) in [6, 6.07) is 8.00. The smallest absolute Gasteiger partial charge is 0.407 e. The summed E-state index contributed by atoms with van der Waals surface area (Å²) in [5, 5.41) is 11.6. The van der Waals surface area contributed by atoms with Gasteiger partial charge in [0.1, 0.15) is 24.6 Å². The Morgan fingerprint density at radius 3 is 2.43 bits per heavy atom. The van der Waals surface area contributed by atoms with E-state index >= 15 is 4.39 Å². The summed E-state index contributed by atoms with van der Waals surface area (Å²) in [6.45, 7) is 6.13. The van der Waals surface area contributed by atoms with Crippen LogP contribution in [0.2, 0.25) is 5.02 Å². The number of alkyl halides is 2. The number of carbonyl (C=O) groups is 2. The third kappa shape index (κ3) is 10.7. The predicted octanol–water partition coefficient (Wildman–Crippen LogP) is 6.08. The number of nitrogens with one attached hydrogen (secondary N) is 3. The van der Waals surface area contributed by atoms with E-state index < -0.39 is 42.6 Å². The second-order valence-corrected chi connectivity index (χ2v) is 14.4. The molecule has 5 N–H and O–H groups in total. The van der Waals surface area contributed by atoms with E-state index in [9.17, 15) is 18.4 Å². The summed E-state index contributed by atoms with van der Waals surface area (Å²) in [6.07, 6.45) is 7.20. The van der Waals surface area contributed by atoms with Crippen LogP contribution < -0.4 is 21.7 Å². The first-order valence-electron chi connectivity index (χ1n) is 16.8. The summed E-state index contributed by atoms with van der Waals surface area (Å²) in [5.41, 5.74) is 7.42. The number of nitrogens with two attached hydrogens (primary N) is 1. The van der Waals surface area contributed by atoms with Gasteiger partial charge in [0.15, 0.2) is 0 Å². The number of hydrogen-bond donors (Lipinski definition) is 4. The van der Waals surface area contributed by atoms with Crippen molar-refractivity contribution in [3.8, 4) is 0 Å². The molecular formula is C36H48ClF3N8O3. The molecule has 2 amide bonds. The highest BCUT2D eigenvalue weighted by molar-refractivity contribution is 6.31. The highest BCUT2D eigenvalue weighted by Crippen LogP contribution is 2.35. The van der Waals surface area contributed by atoms with Crippen molar-refractivity contribution in [3.63, 3.8) is 0 Å². The number of benzene rings is 2. The van der Waals surface area contributed by atoms with Crippen molar-refractivity contribution in [1.82, 2.24) is 30.9 Å². The highest BCUT2D eigenvalue weighted by Gasteiger charge is 2.39. The van der Waals surface area contributed by atoms with Gasteiger partial charge in [0.25, 0.3) is 0 Å². The zero-order chi connectivity index (χ0) is 37.5. The van der Waals surface area contributed by atoms with Gasteiger partial charge < -0.3 is 26.0 Å².